The third kappa shape index (κ3) is 2.34. The van der Waals surface area contributed by atoms with Crippen molar-refractivity contribution < 1.29 is 14.0 Å². The van der Waals surface area contributed by atoms with Crippen LogP contribution in [0.15, 0.2) is 18.2 Å². The number of anilines is 1. The Hall–Kier alpha value is -1.91. The molecule has 0 radical (unpaired) electrons. The van der Waals surface area contributed by atoms with Crippen LogP contribution in [0.1, 0.15) is 23.2 Å². The molecule has 0 saturated carbocycles. The van der Waals surface area contributed by atoms with Crippen LogP contribution in [0.2, 0.25) is 0 Å². The summed E-state index contributed by atoms with van der Waals surface area (Å²) in [6.07, 6.45) is 2.07. The smallest absolute Gasteiger partial charge is 0.222 e. The minimum atomic E-state index is -0.538. The van der Waals surface area contributed by atoms with E-state index in [1.807, 2.05) is 4.90 Å². The first-order valence-corrected chi connectivity index (χ1v) is 5.91. The lowest BCUT2D eigenvalue weighted by Gasteiger charge is -2.33. The highest BCUT2D eigenvalue weighted by molar-refractivity contribution is 5.85. The number of hydrogen-bond donors (Lipinski definition) is 1. The van der Waals surface area contributed by atoms with Crippen molar-refractivity contribution in [3.05, 3.63) is 29.6 Å². The minimum Gasteiger partial charge on any atom is -0.370 e. The van der Waals surface area contributed by atoms with Crippen LogP contribution in [-0.4, -0.2) is 25.3 Å². The molecular formula is C13H15FN2O2. The molecule has 4 nitrogen and oxygen atoms in total. The molecule has 1 unspecified atom stereocenters. The van der Waals surface area contributed by atoms with Crippen LogP contribution in [-0.2, 0) is 4.79 Å². The molecule has 0 aromatic heterocycles. The van der Waals surface area contributed by atoms with Crippen LogP contribution in [0.5, 0.6) is 0 Å². The molecule has 0 bridgehead atoms. The number of piperidine rings is 1. The Balaban J connectivity index is 2.28. The van der Waals surface area contributed by atoms with Gasteiger partial charge in [0.15, 0.2) is 6.29 Å². The lowest BCUT2D eigenvalue weighted by molar-refractivity contribution is -0.122. The number of halogens is 1. The molecule has 2 rings (SSSR count). The van der Waals surface area contributed by atoms with Crippen molar-refractivity contribution >= 4 is 17.9 Å². The highest BCUT2D eigenvalue weighted by atomic mass is 19.1. The quantitative estimate of drug-likeness (QED) is 0.823. The second-order valence-corrected chi connectivity index (χ2v) is 4.48. The molecular weight excluding hydrogens is 235 g/mol. The first-order valence-electron chi connectivity index (χ1n) is 5.91. The van der Waals surface area contributed by atoms with Crippen LogP contribution in [0, 0.1) is 11.7 Å². The molecule has 1 heterocycles. The number of aldehydes is 1. The Morgan fingerprint density at radius 1 is 1.50 bits per heavy atom. The standard InChI is InChI=1S/C13H15FN2O2/c14-11-4-1-5-12(10(11)8-17)16-6-2-3-9(7-16)13(15)18/h1,4-5,8-9H,2-3,6-7H2,(H2,15,18). The number of primary amides is 1. The molecule has 96 valence electrons. The number of hydrogen-bond acceptors (Lipinski definition) is 3. The molecule has 1 atom stereocenters. The van der Waals surface area contributed by atoms with Crippen molar-refractivity contribution in [3.8, 4) is 0 Å². The largest absolute Gasteiger partial charge is 0.370 e. The molecule has 1 amide bonds. The van der Waals surface area contributed by atoms with Gasteiger partial charge in [-0.3, -0.25) is 9.59 Å². The van der Waals surface area contributed by atoms with Gasteiger partial charge in [0.25, 0.3) is 0 Å². The average molecular weight is 250 g/mol. The zero-order chi connectivity index (χ0) is 13.1. The number of carbonyl (C=O) groups excluding carboxylic acids is 2. The first-order chi connectivity index (χ1) is 8.63. The van der Waals surface area contributed by atoms with Gasteiger partial charge in [0.1, 0.15) is 5.82 Å². The number of carbonyl (C=O) groups is 2. The van der Waals surface area contributed by atoms with E-state index in [0.29, 0.717) is 25.1 Å². The first kappa shape index (κ1) is 12.5. The molecule has 1 fully saturated rings. The molecule has 1 aromatic carbocycles. The van der Waals surface area contributed by atoms with E-state index < -0.39 is 5.82 Å². The topological polar surface area (TPSA) is 63.4 Å². The summed E-state index contributed by atoms with van der Waals surface area (Å²) >= 11 is 0. The highest BCUT2D eigenvalue weighted by Crippen LogP contribution is 2.26. The van der Waals surface area contributed by atoms with E-state index in [1.54, 1.807) is 12.1 Å². The third-order valence-electron chi connectivity index (χ3n) is 3.31. The van der Waals surface area contributed by atoms with Crippen LogP contribution < -0.4 is 10.6 Å². The lowest BCUT2D eigenvalue weighted by Crippen LogP contribution is -2.41. The van der Waals surface area contributed by atoms with Gasteiger partial charge < -0.3 is 10.6 Å². The molecule has 0 spiro atoms. The van der Waals surface area contributed by atoms with Crippen molar-refractivity contribution in [2.45, 2.75) is 12.8 Å². The summed E-state index contributed by atoms with van der Waals surface area (Å²) in [6, 6.07) is 4.50. The van der Waals surface area contributed by atoms with Crippen molar-refractivity contribution in [1.29, 1.82) is 0 Å². The summed E-state index contributed by atoms with van der Waals surface area (Å²) in [5.74, 6) is -1.12. The van der Waals surface area contributed by atoms with Gasteiger partial charge in [0.05, 0.1) is 17.2 Å². The molecule has 18 heavy (non-hydrogen) atoms. The van der Waals surface area contributed by atoms with Crippen molar-refractivity contribution in [3.63, 3.8) is 0 Å². The van der Waals surface area contributed by atoms with Gasteiger partial charge in [-0.2, -0.15) is 0 Å². The summed E-state index contributed by atoms with van der Waals surface area (Å²) in [4.78, 5) is 24.0. The van der Waals surface area contributed by atoms with E-state index in [2.05, 4.69) is 0 Å². The zero-order valence-electron chi connectivity index (χ0n) is 9.93. The van der Waals surface area contributed by atoms with E-state index in [-0.39, 0.29) is 17.4 Å². The maximum absolute atomic E-state index is 13.5. The maximum atomic E-state index is 13.5. The molecule has 5 heteroatoms. The Morgan fingerprint density at radius 3 is 2.94 bits per heavy atom. The number of amides is 1. The lowest BCUT2D eigenvalue weighted by atomic mass is 9.96. The molecule has 1 aliphatic heterocycles. The molecule has 1 saturated heterocycles. The maximum Gasteiger partial charge on any atom is 0.222 e. The van der Waals surface area contributed by atoms with E-state index in [9.17, 15) is 14.0 Å². The number of benzene rings is 1. The van der Waals surface area contributed by atoms with Crippen LogP contribution >= 0.6 is 0 Å². The molecule has 1 aromatic rings. The van der Waals surface area contributed by atoms with Gasteiger partial charge in [-0.25, -0.2) is 4.39 Å². The second kappa shape index (κ2) is 5.16. The minimum absolute atomic E-state index is 0.0441. The normalized spacial score (nSPS) is 19.6. The summed E-state index contributed by atoms with van der Waals surface area (Å²) in [5.41, 5.74) is 5.88. The van der Waals surface area contributed by atoms with Crippen LogP contribution in [0.3, 0.4) is 0 Å². The summed E-state index contributed by atoms with van der Waals surface area (Å²) in [7, 11) is 0. The fourth-order valence-electron chi connectivity index (χ4n) is 2.35. The Morgan fingerprint density at radius 2 is 2.28 bits per heavy atom. The van der Waals surface area contributed by atoms with Crippen molar-refractivity contribution in [2.75, 3.05) is 18.0 Å². The van der Waals surface area contributed by atoms with E-state index in [4.69, 9.17) is 5.73 Å². The number of rotatable bonds is 3. The molecule has 1 aliphatic rings. The SMILES string of the molecule is NC(=O)C1CCCN(c2cccc(F)c2C=O)C1. The summed E-state index contributed by atoms with van der Waals surface area (Å²) in [6.45, 7) is 1.15. The van der Waals surface area contributed by atoms with Gasteiger partial charge in [-0.05, 0) is 25.0 Å². The van der Waals surface area contributed by atoms with Crippen molar-refractivity contribution in [2.24, 2.45) is 11.7 Å². The highest BCUT2D eigenvalue weighted by Gasteiger charge is 2.25. The fourth-order valence-corrected chi connectivity index (χ4v) is 2.35. The third-order valence-corrected chi connectivity index (χ3v) is 3.31. The van der Waals surface area contributed by atoms with Gasteiger partial charge >= 0.3 is 0 Å². The Labute approximate surface area is 105 Å². The van der Waals surface area contributed by atoms with E-state index in [0.717, 1.165) is 12.8 Å². The van der Waals surface area contributed by atoms with Crippen LogP contribution in [0.4, 0.5) is 10.1 Å². The predicted octanol–water partition coefficient (Wildman–Crippen LogP) is 1.34. The number of nitrogens with zero attached hydrogens (tertiary/aromatic N) is 1. The number of nitrogens with two attached hydrogens (primary N) is 1. The van der Waals surface area contributed by atoms with Gasteiger partial charge in [0, 0.05) is 13.1 Å². The van der Waals surface area contributed by atoms with E-state index in [1.165, 1.54) is 6.07 Å². The zero-order valence-corrected chi connectivity index (χ0v) is 9.93. The average Bonchev–Trinajstić information content (AvgIpc) is 2.38. The monoisotopic (exact) mass is 250 g/mol. The summed E-state index contributed by atoms with van der Waals surface area (Å²) in [5, 5.41) is 0. The summed E-state index contributed by atoms with van der Waals surface area (Å²) < 4.78 is 13.5. The van der Waals surface area contributed by atoms with Gasteiger partial charge in [0.2, 0.25) is 5.91 Å². The Kier molecular flexibility index (Phi) is 3.60. The predicted molar refractivity (Wildman–Crippen MR) is 65.9 cm³/mol. The van der Waals surface area contributed by atoms with Gasteiger partial charge in [-0.15, -0.1) is 0 Å². The fraction of sp³-hybridized carbons (Fsp3) is 0.385. The second-order valence-electron chi connectivity index (χ2n) is 4.48. The Bertz CT molecular complexity index is 476. The molecule has 2 N–H and O–H groups in total. The van der Waals surface area contributed by atoms with E-state index >= 15 is 0 Å². The van der Waals surface area contributed by atoms with Crippen molar-refractivity contribution in [1.82, 2.24) is 0 Å². The molecule has 0 aliphatic carbocycles. The van der Waals surface area contributed by atoms with Gasteiger partial charge in [-0.1, -0.05) is 6.07 Å². The van der Waals surface area contributed by atoms with Crippen LogP contribution in [0.25, 0.3) is 0 Å².